The van der Waals surface area contributed by atoms with E-state index in [4.69, 9.17) is 11.6 Å². The van der Waals surface area contributed by atoms with Gasteiger partial charge in [0.05, 0.1) is 4.90 Å². The third-order valence-electron chi connectivity index (χ3n) is 3.70. The van der Waals surface area contributed by atoms with Gasteiger partial charge in [-0.1, -0.05) is 35.9 Å². The zero-order chi connectivity index (χ0) is 17.2. The van der Waals surface area contributed by atoms with Crippen molar-refractivity contribution in [3.8, 4) is 0 Å². The summed E-state index contributed by atoms with van der Waals surface area (Å²) in [6.07, 6.45) is 1.72. The average molecular weight is 365 g/mol. The zero-order valence-electron chi connectivity index (χ0n) is 12.8. The maximum atomic E-state index is 12.3. The lowest BCUT2D eigenvalue weighted by Gasteiger charge is -2.09. The first-order valence-corrected chi connectivity index (χ1v) is 9.46. The summed E-state index contributed by atoms with van der Waals surface area (Å²) in [5.41, 5.74) is 1.09. The van der Waals surface area contributed by atoms with E-state index in [1.807, 2.05) is 18.2 Å². The van der Waals surface area contributed by atoms with Crippen LogP contribution in [0.5, 0.6) is 0 Å². The normalized spacial score (nSPS) is 14.4. The van der Waals surface area contributed by atoms with Crippen molar-refractivity contribution < 1.29 is 13.2 Å². The van der Waals surface area contributed by atoms with Crippen molar-refractivity contribution in [1.29, 1.82) is 0 Å². The highest BCUT2D eigenvalue weighted by molar-refractivity contribution is 7.89. The van der Waals surface area contributed by atoms with Gasteiger partial charge in [0.15, 0.2) is 0 Å². The van der Waals surface area contributed by atoms with Gasteiger partial charge in [-0.05, 0) is 42.7 Å². The number of rotatable bonds is 6. The first-order chi connectivity index (χ1) is 11.5. The van der Waals surface area contributed by atoms with Crippen molar-refractivity contribution in [2.75, 3.05) is 0 Å². The summed E-state index contributed by atoms with van der Waals surface area (Å²) in [7, 11) is -3.58. The number of carbonyl (C=O) groups is 1. The minimum absolute atomic E-state index is 0.0210. The van der Waals surface area contributed by atoms with Gasteiger partial charge >= 0.3 is 0 Å². The van der Waals surface area contributed by atoms with Crippen LogP contribution in [-0.2, 0) is 16.6 Å². The second-order valence-corrected chi connectivity index (χ2v) is 7.82. The summed E-state index contributed by atoms with van der Waals surface area (Å²) in [6, 6.07) is 13.3. The molecule has 2 aromatic rings. The molecular formula is C17H17ClN2O3S. The largest absolute Gasteiger partial charge is 0.348 e. The van der Waals surface area contributed by atoms with Crippen LogP contribution in [0.4, 0.5) is 0 Å². The third kappa shape index (κ3) is 4.14. The number of sulfonamides is 1. The lowest BCUT2D eigenvalue weighted by molar-refractivity contribution is 0.0950. The van der Waals surface area contributed by atoms with Crippen LogP contribution in [0.2, 0.25) is 5.02 Å². The van der Waals surface area contributed by atoms with Crippen molar-refractivity contribution in [3.05, 3.63) is 64.7 Å². The van der Waals surface area contributed by atoms with Crippen LogP contribution in [-0.4, -0.2) is 20.4 Å². The van der Waals surface area contributed by atoms with E-state index in [1.54, 1.807) is 18.2 Å². The van der Waals surface area contributed by atoms with E-state index >= 15 is 0 Å². The fraction of sp³-hybridized carbons (Fsp3) is 0.235. The fourth-order valence-corrected chi connectivity index (χ4v) is 3.77. The van der Waals surface area contributed by atoms with Gasteiger partial charge in [0.2, 0.25) is 10.0 Å². The number of hydrogen-bond donors (Lipinski definition) is 2. The molecule has 126 valence electrons. The Morgan fingerprint density at radius 2 is 1.88 bits per heavy atom. The Kier molecular flexibility index (Phi) is 4.89. The molecule has 1 aliphatic carbocycles. The van der Waals surface area contributed by atoms with E-state index in [0.717, 1.165) is 18.4 Å². The maximum absolute atomic E-state index is 12.3. The van der Waals surface area contributed by atoms with Crippen LogP contribution in [0.25, 0.3) is 0 Å². The smallest absolute Gasteiger partial charge is 0.251 e. The molecule has 5 nitrogen and oxygen atoms in total. The summed E-state index contributed by atoms with van der Waals surface area (Å²) in [4.78, 5) is 12.4. The Morgan fingerprint density at radius 1 is 1.12 bits per heavy atom. The van der Waals surface area contributed by atoms with Crippen LogP contribution in [0.15, 0.2) is 53.4 Å². The summed E-state index contributed by atoms with van der Waals surface area (Å²) in [6.45, 7) is 0.274. The first kappa shape index (κ1) is 17.0. The van der Waals surface area contributed by atoms with Gasteiger partial charge < -0.3 is 5.32 Å². The van der Waals surface area contributed by atoms with E-state index < -0.39 is 10.0 Å². The maximum Gasteiger partial charge on any atom is 0.251 e. The lowest BCUT2D eigenvalue weighted by atomic mass is 10.2. The molecule has 0 bridgehead atoms. The molecule has 0 radical (unpaired) electrons. The highest BCUT2D eigenvalue weighted by Gasteiger charge is 2.28. The average Bonchev–Trinajstić information content (AvgIpc) is 3.37. The predicted molar refractivity (Wildman–Crippen MR) is 92.4 cm³/mol. The monoisotopic (exact) mass is 364 g/mol. The van der Waals surface area contributed by atoms with Gasteiger partial charge in [0.1, 0.15) is 0 Å². The molecule has 0 saturated heterocycles. The molecule has 1 saturated carbocycles. The number of nitrogens with one attached hydrogen (secondary N) is 2. The van der Waals surface area contributed by atoms with Crippen LogP contribution in [0.3, 0.4) is 0 Å². The SMILES string of the molecule is O=C(NCc1ccccc1Cl)c1cccc(S(=O)(=O)NC2CC2)c1. The molecule has 24 heavy (non-hydrogen) atoms. The van der Waals surface area contributed by atoms with E-state index in [2.05, 4.69) is 10.0 Å². The molecule has 0 heterocycles. The first-order valence-electron chi connectivity index (χ1n) is 7.60. The van der Waals surface area contributed by atoms with Gasteiger partial charge in [-0.3, -0.25) is 4.79 Å². The van der Waals surface area contributed by atoms with E-state index in [1.165, 1.54) is 12.1 Å². The molecular weight excluding hydrogens is 348 g/mol. The number of amides is 1. The van der Waals surface area contributed by atoms with Gasteiger partial charge in [-0.15, -0.1) is 0 Å². The summed E-state index contributed by atoms with van der Waals surface area (Å²) in [5.74, 6) is -0.349. The predicted octanol–water partition coefficient (Wildman–Crippen LogP) is 2.71. The molecule has 0 atom stereocenters. The molecule has 1 aliphatic rings. The molecule has 1 amide bonds. The Hall–Kier alpha value is -1.89. The number of halogens is 1. The van der Waals surface area contributed by atoms with Gasteiger partial charge in [0, 0.05) is 23.2 Å². The van der Waals surface area contributed by atoms with E-state index in [9.17, 15) is 13.2 Å². The van der Waals surface area contributed by atoms with Gasteiger partial charge in [-0.2, -0.15) is 0 Å². The van der Waals surface area contributed by atoms with Crippen LogP contribution < -0.4 is 10.0 Å². The molecule has 2 aromatic carbocycles. The van der Waals surface area contributed by atoms with E-state index in [-0.39, 0.29) is 23.4 Å². The lowest BCUT2D eigenvalue weighted by Crippen LogP contribution is -2.27. The zero-order valence-corrected chi connectivity index (χ0v) is 14.4. The number of hydrogen-bond acceptors (Lipinski definition) is 3. The third-order valence-corrected chi connectivity index (χ3v) is 5.59. The highest BCUT2D eigenvalue weighted by Crippen LogP contribution is 2.22. The molecule has 0 spiro atoms. The van der Waals surface area contributed by atoms with Crippen molar-refractivity contribution in [2.24, 2.45) is 0 Å². The molecule has 0 unspecified atom stereocenters. The molecule has 0 aromatic heterocycles. The van der Waals surface area contributed by atoms with Crippen molar-refractivity contribution in [3.63, 3.8) is 0 Å². The van der Waals surface area contributed by atoms with Gasteiger partial charge in [-0.25, -0.2) is 13.1 Å². The van der Waals surface area contributed by atoms with Crippen LogP contribution in [0, 0.1) is 0 Å². The quantitative estimate of drug-likeness (QED) is 0.827. The summed E-state index contributed by atoms with van der Waals surface area (Å²) < 4.78 is 27.0. The summed E-state index contributed by atoms with van der Waals surface area (Å²) >= 11 is 6.05. The molecule has 7 heteroatoms. The van der Waals surface area contributed by atoms with Crippen molar-refractivity contribution in [2.45, 2.75) is 30.3 Å². The highest BCUT2D eigenvalue weighted by atomic mass is 35.5. The Labute approximate surface area is 146 Å². The summed E-state index contributed by atoms with van der Waals surface area (Å²) in [5, 5.41) is 3.32. The minimum atomic E-state index is -3.58. The number of carbonyl (C=O) groups excluding carboxylic acids is 1. The van der Waals surface area contributed by atoms with Crippen molar-refractivity contribution >= 4 is 27.5 Å². The standard InChI is InChI=1S/C17H17ClN2O3S/c18-16-7-2-1-4-13(16)11-19-17(21)12-5-3-6-15(10-12)24(22,23)20-14-8-9-14/h1-7,10,14,20H,8-9,11H2,(H,19,21). The van der Waals surface area contributed by atoms with Crippen LogP contribution >= 0.6 is 11.6 Å². The van der Waals surface area contributed by atoms with E-state index in [0.29, 0.717) is 10.6 Å². The fourth-order valence-electron chi connectivity index (χ4n) is 2.21. The molecule has 0 aliphatic heterocycles. The van der Waals surface area contributed by atoms with Crippen molar-refractivity contribution in [1.82, 2.24) is 10.0 Å². The Bertz CT molecular complexity index is 864. The van der Waals surface area contributed by atoms with Gasteiger partial charge in [0.25, 0.3) is 5.91 Å². The second-order valence-electron chi connectivity index (χ2n) is 5.70. The molecule has 1 fully saturated rings. The minimum Gasteiger partial charge on any atom is -0.348 e. The molecule has 2 N–H and O–H groups in total. The Morgan fingerprint density at radius 3 is 2.58 bits per heavy atom. The second kappa shape index (κ2) is 6.93. The Balaban J connectivity index is 1.71. The molecule has 3 rings (SSSR count). The van der Waals surface area contributed by atoms with Crippen LogP contribution in [0.1, 0.15) is 28.8 Å². The number of benzene rings is 2. The topological polar surface area (TPSA) is 75.3 Å².